The number of piperazine rings is 1. The molecule has 0 radical (unpaired) electrons. The zero-order chi connectivity index (χ0) is 18.8. The number of nitrogens with zero attached hydrogens (tertiary/aromatic N) is 4. The Hall–Kier alpha value is -1.93. The molecular weight excluding hydrogens is 422 g/mol. The quantitative estimate of drug-likeness (QED) is 0.787. The second-order valence-corrected chi connectivity index (χ2v) is 7.33. The Kier molecular flexibility index (Phi) is 5.62. The van der Waals surface area contributed by atoms with Gasteiger partial charge >= 0.3 is 0 Å². The first-order chi connectivity index (χ1) is 12.4. The fraction of sp³-hybridized carbons (Fsp3) is 0.412. The van der Waals surface area contributed by atoms with Crippen LogP contribution in [-0.2, 0) is 11.3 Å². The third-order valence-corrected chi connectivity index (χ3v) is 5.80. The van der Waals surface area contributed by atoms with Crippen molar-refractivity contribution in [2.75, 3.05) is 43.9 Å². The highest BCUT2D eigenvalue weighted by Gasteiger charge is 2.23. The van der Waals surface area contributed by atoms with Gasteiger partial charge in [0, 0.05) is 37.9 Å². The highest BCUT2D eigenvalue weighted by molar-refractivity contribution is 9.10. The van der Waals surface area contributed by atoms with Gasteiger partial charge in [0.25, 0.3) is 0 Å². The number of methoxy groups -OCH3 is 1. The van der Waals surface area contributed by atoms with Gasteiger partial charge in [0.2, 0.25) is 5.91 Å². The Morgan fingerprint density at radius 1 is 1.35 bits per heavy atom. The Morgan fingerprint density at radius 3 is 2.62 bits per heavy atom. The maximum atomic E-state index is 12.6. The van der Waals surface area contributed by atoms with Crippen molar-refractivity contribution in [2.24, 2.45) is 0 Å². The van der Waals surface area contributed by atoms with Gasteiger partial charge in [0.1, 0.15) is 18.1 Å². The van der Waals surface area contributed by atoms with E-state index in [2.05, 4.69) is 25.9 Å². The number of halogens is 2. The van der Waals surface area contributed by atoms with Crippen molar-refractivity contribution in [1.82, 2.24) is 14.7 Å². The normalized spacial score (nSPS) is 14.6. The average Bonchev–Trinajstić information content (AvgIpc) is 2.89. The number of hydrogen-bond donors (Lipinski definition) is 1. The van der Waals surface area contributed by atoms with E-state index in [0.717, 1.165) is 28.9 Å². The lowest BCUT2D eigenvalue weighted by molar-refractivity contribution is -0.132. The van der Waals surface area contributed by atoms with Gasteiger partial charge in [-0.2, -0.15) is 5.10 Å². The molecule has 2 aromatic rings. The van der Waals surface area contributed by atoms with Crippen molar-refractivity contribution in [3.63, 3.8) is 0 Å². The molecule has 3 rings (SSSR count). The molecule has 1 aromatic heterocycles. The number of anilines is 2. The maximum Gasteiger partial charge on any atom is 0.244 e. The second kappa shape index (κ2) is 7.75. The van der Waals surface area contributed by atoms with E-state index in [1.165, 1.54) is 4.68 Å². The molecule has 1 fully saturated rings. The topological polar surface area (TPSA) is 76.6 Å². The highest BCUT2D eigenvalue weighted by atomic mass is 79.9. The summed E-state index contributed by atoms with van der Waals surface area (Å²) in [5, 5.41) is 4.88. The fourth-order valence-electron chi connectivity index (χ4n) is 2.99. The summed E-state index contributed by atoms with van der Waals surface area (Å²) in [5.74, 6) is 1.14. The van der Waals surface area contributed by atoms with E-state index < -0.39 is 0 Å². The van der Waals surface area contributed by atoms with Gasteiger partial charge in [-0.1, -0.05) is 11.6 Å². The minimum absolute atomic E-state index is 0.0139. The molecule has 1 aromatic carbocycles. The molecule has 1 aliphatic rings. The molecule has 0 spiro atoms. The molecule has 0 aliphatic carbocycles. The lowest BCUT2D eigenvalue weighted by atomic mass is 10.2. The first-order valence-electron chi connectivity index (χ1n) is 8.25. The average molecular weight is 443 g/mol. The predicted octanol–water partition coefficient (Wildman–Crippen LogP) is 2.55. The number of aryl methyl sites for hydroxylation is 1. The molecule has 0 unspecified atom stereocenters. The molecule has 0 bridgehead atoms. The summed E-state index contributed by atoms with van der Waals surface area (Å²) in [4.78, 5) is 16.6. The Balaban J connectivity index is 1.61. The molecule has 9 heteroatoms. The zero-order valence-corrected chi connectivity index (χ0v) is 17.0. The third kappa shape index (κ3) is 3.76. The summed E-state index contributed by atoms with van der Waals surface area (Å²) in [6, 6.07) is 5.71. The number of amides is 1. The summed E-state index contributed by atoms with van der Waals surface area (Å²) in [7, 11) is 1.60. The van der Waals surface area contributed by atoms with Crippen molar-refractivity contribution in [2.45, 2.75) is 13.5 Å². The fourth-order valence-corrected chi connectivity index (χ4v) is 3.46. The minimum Gasteiger partial charge on any atom is -0.495 e. The molecule has 1 saturated heterocycles. The van der Waals surface area contributed by atoms with Gasteiger partial charge in [0.15, 0.2) is 0 Å². The summed E-state index contributed by atoms with van der Waals surface area (Å²) >= 11 is 9.46. The Bertz CT molecular complexity index is 818. The van der Waals surface area contributed by atoms with Crippen LogP contribution < -0.4 is 15.4 Å². The summed E-state index contributed by atoms with van der Waals surface area (Å²) in [5.41, 5.74) is 7.78. The number of rotatable bonds is 4. The number of ether oxygens (including phenoxy) is 1. The number of carbonyl (C=O) groups is 1. The molecular formula is C17H21BrClN5O2. The van der Waals surface area contributed by atoms with E-state index in [1.54, 1.807) is 7.11 Å². The van der Waals surface area contributed by atoms with Gasteiger partial charge in [-0.15, -0.1) is 0 Å². The monoisotopic (exact) mass is 441 g/mol. The number of carbonyl (C=O) groups excluding carboxylic acids is 1. The maximum absolute atomic E-state index is 12.6. The van der Waals surface area contributed by atoms with Crippen molar-refractivity contribution < 1.29 is 9.53 Å². The number of nitrogens with two attached hydrogens (primary N) is 1. The third-order valence-electron chi connectivity index (χ3n) is 4.51. The Labute approximate surface area is 165 Å². The standard InChI is InChI=1S/C17H21BrClN5O2/c1-11-16(18)17(20)24(21-11)10-15(25)23-7-5-22(6-8-23)12-3-4-13(19)14(9-12)26-2/h3-4,9H,5-8,10,20H2,1-2H3. The van der Waals surface area contributed by atoms with Gasteiger partial charge in [-0.25, -0.2) is 4.68 Å². The predicted molar refractivity (Wildman–Crippen MR) is 106 cm³/mol. The van der Waals surface area contributed by atoms with Gasteiger partial charge in [0.05, 0.1) is 22.3 Å². The second-order valence-electron chi connectivity index (χ2n) is 6.13. The molecule has 140 valence electrons. The van der Waals surface area contributed by atoms with Crippen molar-refractivity contribution in [3.8, 4) is 5.75 Å². The summed E-state index contributed by atoms with van der Waals surface area (Å²) in [6.45, 7) is 4.77. The van der Waals surface area contributed by atoms with E-state index >= 15 is 0 Å². The number of benzene rings is 1. The smallest absolute Gasteiger partial charge is 0.244 e. The Morgan fingerprint density at radius 2 is 2.04 bits per heavy atom. The molecule has 0 atom stereocenters. The lowest BCUT2D eigenvalue weighted by Crippen LogP contribution is -2.49. The van der Waals surface area contributed by atoms with Crippen LogP contribution in [0.1, 0.15) is 5.69 Å². The van der Waals surface area contributed by atoms with Gasteiger partial charge in [-0.05, 0) is 35.0 Å². The molecule has 1 amide bonds. The van der Waals surface area contributed by atoms with Crippen LogP contribution in [0.25, 0.3) is 0 Å². The van der Waals surface area contributed by atoms with Crippen LogP contribution in [0.2, 0.25) is 5.02 Å². The van der Waals surface area contributed by atoms with Crippen LogP contribution in [0.3, 0.4) is 0 Å². The summed E-state index contributed by atoms with van der Waals surface area (Å²) < 4.78 is 7.56. The van der Waals surface area contributed by atoms with Crippen LogP contribution in [0.4, 0.5) is 11.5 Å². The number of aromatic nitrogens is 2. The molecule has 2 N–H and O–H groups in total. The van der Waals surface area contributed by atoms with E-state index in [-0.39, 0.29) is 12.5 Å². The first kappa shape index (κ1) is 18.8. The molecule has 26 heavy (non-hydrogen) atoms. The molecule has 2 heterocycles. The van der Waals surface area contributed by atoms with Crippen LogP contribution in [0, 0.1) is 6.92 Å². The summed E-state index contributed by atoms with van der Waals surface area (Å²) in [6.07, 6.45) is 0. The van der Waals surface area contributed by atoms with E-state index in [0.29, 0.717) is 29.7 Å². The molecule has 7 nitrogen and oxygen atoms in total. The van der Waals surface area contributed by atoms with Gasteiger partial charge < -0.3 is 20.3 Å². The SMILES string of the molecule is COc1cc(N2CCN(C(=O)Cn3nc(C)c(Br)c3N)CC2)ccc1Cl. The van der Waals surface area contributed by atoms with Crippen LogP contribution in [-0.4, -0.2) is 53.9 Å². The van der Waals surface area contributed by atoms with E-state index in [4.69, 9.17) is 22.1 Å². The number of hydrogen-bond acceptors (Lipinski definition) is 5. The van der Waals surface area contributed by atoms with E-state index in [1.807, 2.05) is 30.0 Å². The number of nitrogen functional groups attached to an aromatic ring is 1. The van der Waals surface area contributed by atoms with Crippen LogP contribution >= 0.6 is 27.5 Å². The lowest BCUT2D eigenvalue weighted by Gasteiger charge is -2.36. The highest BCUT2D eigenvalue weighted by Crippen LogP contribution is 2.30. The van der Waals surface area contributed by atoms with Crippen molar-refractivity contribution in [3.05, 3.63) is 33.4 Å². The first-order valence-corrected chi connectivity index (χ1v) is 9.42. The van der Waals surface area contributed by atoms with Crippen LogP contribution in [0.5, 0.6) is 5.75 Å². The van der Waals surface area contributed by atoms with Crippen molar-refractivity contribution in [1.29, 1.82) is 0 Å². The minimum atomic E-state index is 0.0139. The molecule has 0 saturated carbocycles. The van der Waals surface area contributed by atoms with Crippen molar-refractivity contribution >= 4 is 44.9 Å². The van der Waals surface area contributed by atoms with Gasteiger partial charge in [-0.3, -0.25) is 4.79 Å². The van der Waals surface area contributed by atoms with E-state index in [9.17, 15) is 4.79 Å². The molecule has 1 aliphatic heterocycles. The van der Waals surface area contributed by atoms with Crippen LogP contribution in [0.15, 0.2) is 22.7 Å². The largest absolute Gasteiger partial charge is 0.495 e. The zero-order valence-electron chi connectivity index (χ0n) is 14.7.